The van der Waals surface area contributed by atoms with Crippen LogP contribution in [-0.4, -0.2) is 39.6 Å². The van der Waals surface area contributed by atoms with Gasteiger partial charge in [-0.3, -0.25) is 9.69 Å². The minimum atomic E-state index is -0.0659. The summed E-state index contributed by atoms with van der Waals surface area (Å²) in [6.07, 6.45) is 1.81. The summed E-state index contributed by atoms with van der Waals surface area (Å²) in [5, 5.41) is 15.0. The van der Waals surface area contributed by atoms with Crippen LogP contribution in [0.25, 0.3) is 10.9 Å². The number of carbonyl (C=O) groups is 1. The van der Waals surface area contributed by atoms with Gasteiger partial charge in [-0.2, -0.15) is 0 Å². The van der Waals surface area contributed by atoms with Crippen LogP contribution in [0.2, 0.25) is 0 Å². The molecule has 1 aromatic heterocycles. The van der Waals surface area contributed by atoms with E-state index in [2.05, 4.69) is 125 Å². The normalized spacial score (nSPS) is 14.2. The smallest absolute Gasteiger partial charge is 0.253 e. The van der Waals surface area contributed by atoms with Gasteiger partial charge in [0.15, 0.2) is 0 Å². The summed E-state index contributed by atoms with van der Waals surface area (Å²) in [7, 11) is 0. The molecule has 2 heterocycles. The lowest BCUT2D eigenvalue weighted by Gasteiger charge is -2.32. The van der Waals surface area contributed by atoms with Crippen LogP contribution >= 0.6 is 27.7 Å². The highest BCUT2D eigenvalue weighted by atomic mass is 79.9. The Morgan fingerprint density at radius 2 is 1.52 bits per heavy atom. The van der Waals surface area contributed by atoms with Gasteiger partial charge in [-0.15, -0.1) is 11.8 Å². The average molecular weight is 697 g/mol. The summed E-state index contributed by atoms with van der Waals surface area (Å²) in [5.74, 6) is 0.693. The number of hydrogen-bond donors (Lipinski definition) is 2. The summed E-state index contributed by atoms with van der Waals surface area (Å²) in [6, 6.07) is 27.4. The molecule has 0 unspecified atom stereocenters. The van der Waals surface area contributed by atoms with Crippen molar-refractivity contribution in [2.24, 2.45) is 0 Å². The second kappa shape index (κ2) is 14.1. The second-order valence-electron chi connectivity index (χ2n) is 12.7. The molecule has 0 bridgehead atoms. The molecule has 4 aromatic carbocycles. The number of aryl methyl sites for hydroxylation is 4. The van der Waals surface area contributed by atoms with E-state index >= 15 is 0 Å². The van der Waals surface area contributed by atoms with Crippen molar-refractivity contribution in [2.75, 3.05) is 13.1 Å². The first-order valence-corrected chi connectivity index (χ1v) is 17.8. The van der Waals surface area contributed by atoms with Crippen LogP contribution in [0.1, 0.15) is 62.3 Å². The Hall–Kier alpha value is -3.52. The predicted molar refractivity (Wildman–Crippen MR) is 194 cm³/mol. The fraction of sp³-hybridized carbons (Fsp3) is 0.308. The fourth-order valence-corrected chi connectivity index (χ4v) is 8.23. The molecule has 1 saturated heterocycles. The molecule has 5 nitrogen and oxygen atoms in total. The summed E-state index contributed by atoms with van der Waals surface area (Å²) in [4.78, 5) is 18.1. The predicted octanol–water partition coefficient (Wildman–Crippen LogP) is 9.08. The van der Waals surface area contributed by atoms with E-state index in [0.717, 1.165) is 49.1 Å². The number of aromatic hydroxyl groups is 1. The number of carbonyl (C=O) groups excluding carboxylic acids is 1. The number of benzene rings is 4. The number of phenolic OH excluding ortho intramolecular Hbond substituents is 1. The van der Waals surface area contributed by atoms with Crippen molar-refractivity contribution in [3.05, 3.63) is 128 Å². The number of thioether (sulfide) groups is 1. The first kappa shape index (κ1) is 32.4. The van der Waals surface area contributed by atoms with Gasteiger partial charge in [0.25, 0.3) is 5.91 Å². The van der Waals surface area contributed by atoms with Crippen molar-refractivity contribution in [3.8, 4) is 5.75 Å². The Morgan fingerprint density at radius 1 is 0.870 bits per heavy atom. The zero-order valence-electron chi connectivity index (χ0n) is 27.1. The maximum atomic E-state index is 14.4. The zero-order chi connectivity index (χ0) is 32.4. The van der Waals surface area contributed by atoms with E-state index in [1.807, 2.05) is 6.07 Å². The van der Waals surface area contributed by atoms with Crippen molar-refractivity contribution >= 4 is 44.5 Å². The van der Waals surface area contributed by atoms with Crippen LogP contribution < -0.4 is 5.32 Å². The van der Waals surface area contributed by atoms with Gasteiger partial charge in [-0.05, 0) is 90.9 Å². The third kappa shape index (κ3) is 7.22. The monoisotopic (exact) mass is 695 g/mol. The first-order chi connectivity index (χ1) is 22.2. The molecule has 0 radical (unpaired) electrons. The lowest BCUT2D eigenvalue weighted by molar-refractivity contribution is 0.0909. The highest BCUT2D eigenvalue weighted by Crippen LogP contribution is 2.39. The molecule has 0 atom stereocenters. The summed E-state index contributed by atoms with van der Waals surface area (Å²) in [5.41, 5.74) is 10.0. The molecule has 0 saturated carbocycles. The van der Waals surface area contributed by atoms with Crippen LogP contribution in [0.4, 0.5) is 0 Å². The summed E-state index contributed by atoms with van der Waals surface area (Å²) < 4.78 is 2.89. The molecule has 1 aliphatic heterocycles. The van der Waals surface area contributed by atoms with E-state index < -0.39 is 0 Å². The van der Waals surface area contributed by atoms with Crippen LogP contribution in [-0.2, 0) is 18.8 Å². The van der Waals surface area contributed by atoms with Gasteiger partial charge in [0.1, 0.15) is 5.75 Å². The van der Waals surface area contributed by atoms with Crippen LogP contribution in [0, 0.1) is 27.7 Å². The van der Waals surface area contributed by atoms with Crippen LogP contribution in [0.3, 0.4) is 0 Å². The SMILES string of the molecule is Cc1ccc(Cn2c(CSc3c(C)cc(C)cc3C)c(C(=O)NC3CCN(Cc4ccccc4)CC3)c3cc(O)c(Br)cc32)cc1. The number of hydrogen-bond acceptors (Lipinski definition) is 4. The highest BCUT2D eigenvalue weighted by molar-refractivity contribution is 9.10. The molecule has 238 valence electrons. The van der Waals surface area contributed by atoms with E-state index in [4.69, 9.17) is 0 Å². The number of aromatic nitrogens is 1. The molecule has 0 spiro atoms. The Bertz CT molecular complexity index is 1840. The lowest BCUT2D eigenvalue weighted by atomic mass is 10.0. The van der Waals surface area contributed by atoms with Crippen molar-refractivity contribution in [1.82, 2.24) is 14.8 Å². The van der Waals surface area contributed by atoms with Crippen molar-refractivity contribution < 1.29 is 9.90 Å². The minimum absolute atomic E-state index is 0.0659. The molecule has 7 heteroatoms. The van der Waals surface area contributed by atoms with Gasteiger partial charge in [0.05, 0.1) is 15.6 Å². The molecule has 0 aliphatic carbocycles. The maximum absolute atomic E-state index is 14.4. The number of halogens is 1. The maximum Gasteiger partial charge on any atom is 0.253 e. The van der Waals surface area contributed by atoms with Gasteiger partial charge in [-0.1, -0.05) is 77.9 Å². The highest BCUT2D eigenvalue weighted by Gasteiger charge is 2.28. The lowest BCUT2D eigenvalue weighted by Crippen LogP contribution is -2.44. The topological polar surface area (TPSA) is 57.5 Å². The number of piperidine rings is 1. The van der Waals surface area contributed by atoms with E-state index in [1.54, 1.807) is 17.8 Å². The third-order valence-corrected chi connectivity index (χ3v) is 11.0. The third-order valence-electron chi connectivity index (χ3n) is 9.06. The fourth-order valence-electron chi connectivity index (χ4n) is 6.74. The number of nitrogens with one attached hydrogen (secondary N) is 1. The van der Waals surface area contributed by atoms with Gasteiger partial charge < -0.3 is 15.0 Å². The number of amides is 1. The number of rotatable bonds is 9. The van der Waals surface area contributed by atoms with E-state index in [9.17, 15) is 9.90 Å². The van der Waals surface area contributed by atoms with Gasteiger partial charge in [-0.25, -0.2) is 0 Å². The molecular weight excluding hydrogens is 654 g/mol. The number of phenols is 1. The standard InChI is InChI=1S/C39H42BrN3O2S/c1-25-10-12-30(13-11-25)23-43-34-21-33(40)36(44)20-32(34)37(35(43)24-46-38-27(3)18-26(2)19-28(38)4)39(45)41-31-14-16-42(17-15-31)22-29-8-6-5-7-9-29/h5-13,18-21,31,44H,14-17,22-24H2,1-4H3,(H,41,45). The van der Waals surface area contributed by atoms with Gasteiger partial charge >= 0.3 is 0 Å². The number of likely N-dealkylation sites (tertiary alicyclic amines) is 1. The Labute approximate surface area is 285 Å². The molecule has 1 aliphatic rings. The molecular formula is C39H42BrN3O2S. The van der Waals surface area contributed by atoms with Gasteiger partial charge in [0, 0.05) is 53.9 Å². The molecule has 6 rings (SSSR count). The van der Waals surface area contributed by atoms with Crippen LogP contribution in [0.15, 0.2) is 88.2 Å². The Balaban J connectivity index is 1.34. The van der Waals surface area contributed by atoms with Gasteiger partial charge in [0.2, 0.25) is 0 Å². The van der Waals surface area contributed by atoms with Crippen LogP contribution in [0.5, 0.6) is 5.75 Å². The zero-order valence-corrected chi connectivity index (χ0v) is 29.5. The quantitative estimate of drug-likeness (QED) is 0.151. The molecule has 1 fully saturated rings. The second-order valence-corrected chi connectivity index (χ2v) is 14.6. The average Bonchev–Trinajstić information content (AvgIpc) is 3.31. The largest absolute Gasteiger partial charge is 0.507 e. The Kier molecular flexibility index (Phi) is 9.92. The molecule has 2 N–H and O–H groups in total. The Morgan fingerprint density at radius 3 is 2.20 bits per heavy atom. The molecule has 1 amide bonds. The van der Waals surface area contributed by atoms with E-state index in [0.29, 0.717) is 22.3 Å². The summed E-state index contributed by atoms with van der Waals surface area (Å²) >= 11 is 5.34. The number of fused-ring (bicyclic) bond motifs is 1. The van der Waals surface area contributed by atoms with Crippen molar-refractivity contribution in [3.63, 3.8) is 0 Å². The van der Waals surface area contributed by atoms with Crippen molar-refractivity contribution in [2.45, 2.75) is 70.3 Å². The van der Waals surface area contributed by atoms with Crippen molar-refractivity contribution in [1.29, 1.82) is 0 Å². The summed E-state index contributed by atoms with van der Waals surface area (Å²) in [6.45, 7) is 12.0. The van der Waals surface area contributed by atoms with E-state index in [-0.39, 0.29) is 17.7 Å². The molecule has 46 heavy (non-hydrogen) atoms. The first-order valence-electron chi connectivity index (χ1n) is 16.0. The van der Waals surface area contributed by atoms with E-state index in [1.165, 1.54) is 38.3 Å². The minimum Gasteiger partial charge on any atom is -0.507 e. The number of nitrogens with zero attached hydrogens (tertiary/aromatic N) is 2. The molecule has 5 aromatic rings.